The maximum atomic E-state index is 13.0. The molecular formula is C21H17NO3. The van der Waals surface area contributed by atoms with Crippen molar-refractivity contribution in [2.45, 2.75) is 12.0 Å². The lowest BCUT2D eigenvalue weighted by atomic mass is 9.87. The van der Waals surface area contributed by atoms with Crippen LogP contribution >= 0.6 is 0 Å². The standard InChI is InChI=1S/C21H17NO3/c1-22-18-12-5-4-11-17(18)21(25,20(22)24)13-19(23)16-10-6-8-14-7-2-3-9-15(14)16/h2-12,25H,13H2,1H3/t21-/m1/s1. The Morgan fingerprint density at radius 3 is 2.52 bits per heavy atom. The van der Waals surface area contributed by atoms with Gasteiger partial charge in [0.05, 0.1) is 12.1 Å². The zero-order chi connectivity index (χ0) is 17.6. The average Bonchev–Trinajstić information content (AvgIpc) is 2.83. The number of carbonyl (C=O) groups excluding carboxylic acids is 2. The minimum atomic E-state index is -1.82. The van der Waals surface area contributed by atoms with Crippen molar-refractivity contribution in [3.8, 4) is 0 Å². The summed E-state index contributed by atoms with van der Waals surface area (Å²) in [5.74, 6) is -0.722. The molecule has 0 saturated carbocycles. The second-order valence-electron chi connectivity index (χ2n) is 6.37. The summed E-state index contributed by atoms with van der Waals surface area (Å²) in [6, 6.07) is 20.1. The summed E-state index contributed by atoms with van der Waals surface area (Å²) in [6.07, 6.45) is -0.277. The first-order valence-corrected chi connectivity index (χ1v) is 8.13. The molecule has 1 N–H and O–H groups in total. The first-order chi connectivity index (χ1) is 12.0. The highest BCUT2D eigenvalue weighted by Gasteiger charge is 2.49. The molecule has 0 fully saturated rings. The number of benzene rings is 3. The van der Waals surface area contributed by atoms with Crippen LogP contribution in [0.25, 0.3) is 10.8 Å². The van der Waals surface area contributed by atoms with Crippen LogP contribution in [0.2, 0.25) is 0 Å². The van der Waals surface area contributed by atoms with Gasteiger partial charge in [-0.15, -0.1) is 0 Å². The summed E-state index contributed by atoms with van der Waals surface area (Å²) in [7, 11) is 1.61. The van der Waals surface area contributed by atoms with E-state index in [-0.39, 0.29) is 12.2 Å². The summed E-state index contributed by atoms with van der Waals surface area (Å²) in [4.78, 5) is 27.0. The van der Waals surface area contributed by atoms with Crippen molar-refractivity contribution in [1.29, 1.82) is 0 Å². The number of carbonyl (C=O) groups is 2. The number of likely N-dealkylation sites (N-methyl/N-ethyl adjacent to an activating group) is 1. The number of anilines is 1. The number of fused-ring (bicyclic) bond motifs is 2. The van der Waals surface area contributed by atoms with Crippen molar-refractivity contribution in [2.24, 2.45) is 0 Å². The van der Waals surface area contributed by atoms with Gasteiger partial charge in [0.15, 0.2) is 11.4 Å². The van der Waals surface area contributed by atoms with Gasteiger partial charge in [0, 0.05) is 18.2 Å². The van der Waals surface area contributed by atoms with E-state index >= 15 is 0 Å². The maximum Gasteiger partial charge on any atom is 0.263 e. The SMILES string of the molecule is CN1C(=O)[C@@](O)(CC(=O)c2cccc3ccccc23)c2ccccc21. The predicted octanol–water partition coefficient (Wildman–Crippen LogP) is 3.28. The lowest BCUT2D eigenvalue weighted by Crippen LogP contribution is -2.40. The minimum absolute atomic E-state index is 0.252. The van der Waals surface area contributed by atoms with Gasteiger partial charge in [-0.25, -0.2) is 0 Å². The number of hydrogen-bond acceptors (Lipinski definition) is 3. The molecule has 3 aromatic rings. The first-order valence-electron chi connectivity index (χ1n) is 8.13. The molecule has 124 valence electrons. The number of hydrogen-bond donors (Lipinski definition) is 1. The third-order valence-electron chi connectivity index (χ3n) is 4.88. The quantitative estimate of drug-likeness (QED) is 0.749. The number of nitrogens with zero attached hydrogens (tertiary/aromatic N) is 1. The molecule has 1 amide bonds. The highest BCUT2D eigenvalue weighted by molar-refractivity contribution is 6.13. The van der Waals surface area contributed by atoms with Crippen LogP contribution in [0.1, 0.15) is 22.3 Å². The second kappa shape index (κ2) is 5.53. The molecule has 4 heteroatoms. The average molecular weight is 331 g/mol. The molecule has 0 aromatic heterocycles. The van der Waals surface area contributed by atoms with Crippen LogP contribution < -0.4 is 4.90 Å². The van der Waals surface area contributed by atoms with Crippen LogP contribution in [-0.4, -0.2) is 23.8 Å². The summed E-state index contributed by atoms with van der Waals surface area (Å²) in [5, 5.41) is 12.9. The van der Waals surface area contributed by atoms with E-state index in [0.717, 1.165) is 10.8 Å². The topological polar surface area (TPSA) is 57.6 Å². The molecule has 1 aliphatic rings. The van der Waals surface area contributed by atoms with Gasteiger partial charge in [0.25, 0.3) is 5.91 Å². The molecule has 4 rings (SSSR count). The summed E-state index contributed by atoms with van der Waals surface area (Å²) in [5.41, 5.74) is -0.178. The Bertz CT molecular complexity index is 1010. The second-order valence-corrected chi connectivity index (χ2v) is 6.37. The fourth-order valence-electron chi connectivity index (χ4n) is 3.58. The van der Waals surface area contributed by atoms with Gasteiger partial charge < -0.3 is 10.0 Å². The van der Waals surface area contributed by atoms with Crippen molar-refractivity contribution < 1.29 is 14.7 Å². The third-order valence-corrected chi connectivity index (χ3v) is 4.88. The highest BCUT2D eigenvalue weighted by Crippen LogP contribution is 2.42. The van der Waals surface area contributed by atoms with E-state index in [1.807, 2.05) is 36.4 Å². The molecule has 25 heavy (non-hydrogen) atoms. The van der Waals surface area contributed by atoms with E-state index < -0.39 is 11.5 Å². The zero-order valence-electron chi connectivity index (χ0n) is 13.8. The van der Waals surface area contributed by atoms with E-state index in [1.54, 1.807) is 37.4 Å². The third kappa shape index (κ3) is 2.26. The smallest absolute Gasteiger partial charge is 0.263 e. The fraction of sp³-hybridized carbons (Fsp3) is 0.143. The molecule has 1 aliphatic heterocycles. The Morgan fingerprint density at radius 1 is 1.00 bits per heavy atom. The molecular weight excluding hydrogens is 314 g/mol. The zero-order valence-corrected chi connectivity index (χ0v) is 13.8. The minimum Gasteiger partial charge on any atom is -0.375 e. The number of rotatable bonds is 3. The number of ketones is 1. The van der Waals surface area contributed by atoms with Crippen LogP contribution in [0.5, 0.6) is 0 Å². The van der Waals surface area contributed by atoms with Gasteiger partial charge in [0.1, 0.15) is 0 Å². The molecule has 0 unspecified atom stereocenters. The molecule has 0 spiro atoms. The first kappa shape index (κ1) is 15.5. The van der Waals surface area contributed by atoms with Gasteiger partial charge in [-0.1, -0.05) is 60.7 Å². The van der Waals surface area contributed by atoms with E-state index in [2.05, 4.69) is 0 Å². The van der Waals surface area contributed by atoms with Crippen LogP contribution in [0, 0.1) is 0 Å². The number of para-hydroxylation sites is 1. The Balaban J connectivity index is 1.77. The Kier molecular flexibility index (Phi) is 3.44. The van der Waals surface area contributed by atoms with Crippen LogP contribution in [-0.2, 0) is 10.4 Å². The highest BCUT2D eigenvalue weighted by atomic mass is 16.3. The van der Waals surface area contributed by atoms with Crippen molar-refractivity contribution >= 4 is 28.2 Å². The van der Waals surface area contributed by atoms with E-state index in [0.29, 0.717) is 16.8 Å². The van der Waals surface area contributed by atoms with Crippen LogP contribution in [0.3, 0.4) is 0 Å². The maximum absolute atomic E-state index is 13.0. The van der Waals surface area contributed by atoms with Crippen LogP contribution in [0.15, 0.2) is 66.7 Å². The number of Topliss-reactive ketones (excluding diaryl/α,β-unsaturated/α-hetero) is 1. The molecule has 1 heterocycles. The molecule has 0 saturated heterocycles. The van der Waals surface area contributed by atoms with Gasteiger partial charge in [-0.05, 0) is 16.8 Å². The van der Waals surface area contributed by atoms with Gasteiger partial charge in [-0.3, -0.25) is 9.59 Å². The molecule has 3 aromatic carbocycles. The van der Waals surface area contributed by atoms with Crippen molar-refractivity contribution in [3.63, 3.8) is 0 Å². The molecule has 4 nitrogen and oxygen atoms in total. The largest absolute Gasteiger partial charge is 0.375 e. The lowest BCUT2D eigenvalue weighted by Gasteiger charge is -2.21. The molecule has 0 radical (unpaired) electrons. The number of aliphatic hydroxyl groups is 1. The van der Waals surface area contributed by atoms with Gasteiger partial charge >= 0.3 is 0 Å². The van der Waals surface area contributed by atoms with Gasteiger partial charge in [-0.2, -0.15) is 0 Å². The van der Waals surface area contributed by atoms with Crippen LogP contribution in [0.4, 0.5) is 5.69 Å². The predicted molar refractivity (Wildman–Crippen MR) is 96.6 cm³/mol. The molecule has 0 aliphatic carbocycles. The van der Waals surface area contributed by atoms with Gasteiger partial charge in [0.2, 0.25) is 0 Å². The fourth-order valence-corrected chi connectivity index (χ4v) is 3.58. The Labute approximate surface area is 145 Å². The molecule has 0 bridgehead atoms. The monoisotopic (exact) mass is 331 g/mol. The van der Waals surface area contributed by atoms with Crippen molar-refractivity contribution in [1.82, 2.24) is 0 Å². The Hall–Kier alpha value is -2.98. The van der Waals surface area contributed by atoms with E-state index in [1.165, 1.54) is 4.90 Å². The summed E-state index contributed by atoms with van der Waals surface area (Å²) in [6.45, 7) is 0. The normalized spacial score (nSPS) is 19.3. The van der Waals surface area contributed by atoms with Crippen molar-refractivity contribution in [3.05, 3.63) is 77.9 Å². The Morgan fingerprint density at radius 2 is 1.68 bits per heavy atom. The van der Waals surface area contributed by atoms with Crippen molar-refractivity contribution in [2.75, 3.05) is 11.9 Å². The lowest BCUT2D eigenvalue weighted by molar-refractivity contribution is -0.135. The van der Waals surface area contributed by atoms with E-state index in [4.69, 9.17) is 0 Å². The summed E-state index contributed by atoms with van der Waals surface area (Å²) < 4.78 is 0. The van der Waals surface area contributed by atoms with E-state index in [9.17, 15) is 14.7 Å². The molecule has 1 atom stereocenters. The number of amides is 1. The summed E-state index contributed by atoms with van der Waals surface area (Å²) >= 11 is 0.